The van der Waals surface area contributed by atoms with Gasteiger partial charge in [-0.3, -0.25) is 0 Å². The molecule has 2 atom stereocenters. The van der Waals surface area contributed by atoms with Gasteiger partial charge in [-0.05, 0) is 32.8 Å². The van der Waals surface area contributed by atoms with Gasteiger partial charge in [-0.15, -0.1) is 0 Å². The maximum absolute atomic E-state index is 14.1. The number of amides is 2. The second-order valence-corrected chi connectivity index (χ2v) is 7.15. The molecule has 9 heteroatoms. The molecule has 1 aromatic carbocycles. The first kappa shape index (κ1) is 23.2. The van der Waals surface area contributed by atoms with Gasteiger partial charge < -0.3 is 25.2 Å². The third-order valence-corrected chi connectivity index (χ3v) is 3.42. The smallest absolute Gasteiger partial charge is 0.408 e. The number of benzene rings is 1. The lowest BCUT2D eigenvalue weighted by atomic mass is 10.1. The van der Waals surface area contributed by atoms with Crippen molar-refractivity contribution in [3.8, 4) is 0 Å². The minimum atomic E-state index is -1.55. The van der Waals surface area contributed by atoms with Crippen LogP contribution in [-0.4, -0.2) is 47.6 Å². The monoisotopic (exact) mass is 398 g/mol. The number of carboxylic acid groups (broad SMARTS) is 1. The van der Waals surface area contributed by atoms with Crippen LogP contribution in [0.2, 0.25) is 0 Å². The molecule has 0 saturated heterocycles. The van der Waals surface area contributed by atoms with Crippen LogP contribution in [0.15, 0.2) is 30.3 Å². The highest BCUT2D eigenvalue weighted by Gasteiger charge is 2.26. The number of aliphatic carboxylic acids is 1. The largest absolute Gasteiger partial charge is 0.480 e. The Morgan fingerprint density at radius 3 is 2.36 bits per heavy atom. The first-order chi connectivity index (χ1) is 13.1. The number of carbonyl (C=O) groups is 3. The van der Waals surface area contributed by atoms with Gasteiger partial charge in [0.15, 0.2) is 0 Å². The molecule has 0 aliphatic heterocycles. The van der Waals surface area contributed by atoms with Gasteiger partial charge in [0.2, 0.25) is 0 Å². The van der Waals surface area contributed by atoms with Gasteiger partial charge in [-0.25, -0.2) is 18.8 Å². The Labute approximate surface area is 163 Å². The van der Waals surface area contributed by atoms with Crippen LogP contribution >= 0.6 is 0 Å². The quantitative estimate of drug-likeness (QED) is 0.589. The fraction of sp³-hybridized carbons (Fsp3) is 0.526. The fourth-order valence-electron chi connectivity index (χ4n) is 2.15. The van der Waals surface area contributed by atoms with E-state index in [1.54, 1.807) is 32.9 Å². The van der Waals surface area contributed by atoms with E-state index in [0.717, 1.165) is 5.56 Å². The number of ether oxygens (including phenoxy) is 2. The van der Waals surface area contributed by atoms with E-state index in [2.05, 4.69) is 10.6 Å². The summed E-state index contributed by atoms with van der Waals surface area (Å²) in [6.07, 6.45) is -3.76. The van der Waals surface area contributed by atoms with E-state index in [4.69, 9.17) is 14.6 Å². The molecule has 1 aromatic rings. The molecule has 3 N–H and O–H groups in total. The lowest BCUT2D eigenvalue weighted by molar-refractivity contribution is -0.140. The number of alkyl halides is 1. The Morgan fingerprint density at radius 2 is 1.79 bits per heavy atom. The van der Waals surface area contributed by atoms with Crippen LogP contribution in [0.5, 0.6) is 0 Å². The standard InChI is InChI=1S/C19H27FN2O6/c1-19(2,3)28-18(26)22-15(16(23)24)11-14(20)9-10-21-17(25)27-12-13-7-5-4-6-8-13/h4-8,14-15H,9-12H2,1-3H3,(H,21,25)(H,22,26)(H,23,24)/t14-,15+/m1/s1. The molecule has 156 valence electrons. The number of nitrogens with one attached hydrogen (secondary N) is 2. The number of carbonyl (C=O) groups excluding carboxylic acids is 2. The van der Waals surface area contributed by atoms with Gasteiger partial charge in [0.05, 0.1) is 0 Å². The molecule has 0 aliphatic rings. The van der Waals surface area contributed by atoms with Crippen molar-refractivity contribution in [2.24, 2.45) is 0 Å². The third-order valence-electron chi connectivity index (χ3n) is 3.42. The van der Waals surface area contributed by atoms with Gasteiger partial charge >= 0.3 is 18.2 Å². The van der Waals surface area contributed by atoms with E-state index in [9.17, 15) is 18.8 Å². The van der Waals surface area contributed by atoms with Crippen molar-refractivity contribution < 1.29 is 33.4 Å². The zero-order chi connectivity index (χ0) is 21.2. The summed E-state index contributed by atoms with van der Waals surface area (Å²) in [5.41, 5.74) is 0.0188. The van der Waals surface area contributed by atoms with Crippen LogP contribution in [0.1, 0.15) is 39.2 Å². The first-order valence-corrected chi connectivity index (χ1v) is 8.88. The van der Waals surface area contributed by atoms with Crippen LogP contribution in [-0.2, 0) is 20.9 Å². The zero-order valence-corrected chi connectivity index (χ0v) is 16.2. The zero-order valence-electron chi connectivity index (χ0n) is 16.2. The van der Waals surface area contributed by atoms with Gasteiger partial charge in [-0.1, -0.05) is 30.3 Å². The number of hydrogen-bond acceptors (Lipinski definition) is 5. The van der Waals surface area contributed by atoms with E-state index in [1.807, 2.05) is 18.2 Å². The Balaban J connectivity index is 2.32. The minimum Gasteiger partial charge on any atom is -0.480 e. The number of rotatable bonds is 9. The van der Waals surface area contributed by atoms with E-state index < -0.39 is 42.4 Å². The highest BCUT2D eigenvalue weighted by molar-refractivity contribution is 5.80. The molecule has 0 unspecified atom stereocenters. The van der Waals surface area contributed by atoms with Crippen molar-refractivity contribution in [3.63, 3.8) is 0 Å². The average Bonchev–Trinajstić information content (AvgIpc) is 2.58. The molecule has 0 heterocycles. The maximum Gasteiger partial charge on any atom is 0.408 e. The summed E-state index contributed by atoms with van der Waals surface area (Å²) in [7, 11) is 0. The van der Waals surface area contributed by atoms with Crippen molar-refractivity contribution in [1.82, 2.24) is 10.6 Å². The Morgan fingerprint density at radius 1 is 1.14 bits per heavy atom. The van der Waals surface area contributed by atoms with Crippen molar-refractivity contribution >= 4 is 18.2 Å². The van der Waals surface area contributed by atoms with Gasteiger partial charge in [0, 0.05) is 13.0 Å². The lowest BCUT2D eigenvalue weighted by Gasteiger charge is -2.22. The van der Waals surface area contributed by atoms with Crippen LogP contribution in [0.3, 0.4) is 0 Å². The Bertz CT molecular complexity index is 648. The Hall–Kier alpha value is -2.84. The molecule has 0 spiro atoms. The van der Waals surface area contributed by atoms with Crippen LogP contribution < -0.4 is 10.6 Å². The molecule has 0 bridgehead atoms. The summed E-state index contributed by atoms with van der Waals surface area (Å²) in [4.78, 5) is 34.4. The molecule has 8 nitrogen and oxygen atoms in total. The molecule has 0 radical (unpaired) electrons. The van der Waals surface area contributed by atoms with Crippen molar-refractivity contribution in [1.29, 1.82) is 0 Å². The van der Waals surface area contributed by atoms with E-state index >= 15 is 0 Å². The normalized spacial score (nSPS) is 13.1. The number of alkyl carbamates (subject to hydrolysis) is 2. The molecule has 0 aliphatic carbocycles. The van der Waals surface area contributed by atoms with Crippen LogP contribution in [0.4, 0.5) is 14.0 Å². The molecule has 0 saturated carbocycles. The van der Waals surface area contributed by atoms with Crippen LogP contribution in [0.25, 0.3) is 0 Å². The van der Waals surface area contributed by atoms with E-state index in [-0.39, 0.29) is 19.6 Å². The predicted molar refractivity (Wildman–Crippen MR) is 99.6 cm³/mol. The SMILES string of the molecule is CC(C)(C)OC(=O)N[C@@H](C[C@H](F)CCNC(=O)OCc1ccccc1)C(=O)O. The van der Waals surface area contributed by atoms with Gasteiger partial charge in [0.1, 0.15) is 24.4 Å². The highest BCUT2D eigenvalue weighted by Crippen LogP contribution is 2.10. The molecule has 0 aromatic heterocycles. The summed E-state index contributed by atoms with van der Waals surface area (Å²) in [6.45, 7) is 4.94. The summed E-state index contributed by atoms with van der Waals surface area (Å²) < 4.78 is 24.0. The summed E-state index contributed by atoms with van der Waals surface area (Å²) in [6, 6.07) is 7.63. The number of halogens is 1. The summed E-state index contributed by atoms with van der Waals surface area (Å²) >= 11 is 0. The average molecular weight is 398 g/mol. The topological polar surface area (TPSA) is 114 Å². The minimum absolute atomic E-state index is 0.0342. The lowest BCUT2D eigenvalue weighted by Crippen LogP contribution is -2.45. The molecule has 28 heavy (non-hydrogen) atoms. The molecular weight excluding hydrogens is 371 g/mol. The first-order valence-electron chi connectivity index (χ1n) is 8.88. The van der Waals surface area contributed by atoms with E-state index in [1.165, 1.54) is 0 Å². The predicted octanol–water partition coefficient (Wildman–Crippen LogP) is 3.01. The second kappa shape index (κ2) is 11.1. The summed E-state index contributed by atoms with van der Waals surface area (Å²) in [5.74, 6) is -1.37. The van der Waals surface area contributed by atoms with Crippen molar-refractivity contribution in [2.45, 2.75) is 58.0 Å². The van der Waals surface area contributed by atoms with E-state index in [0.29, 0.717) is 0 Å². The summed E-state index contributed by atoms with van der Waals surface area (Å²) in [5, 5.41) is 13.7. The van der Waals surface area contributed by atoms with Gasteiger partial charge in [-0.2, -0.15) is 0 Å². The van der Waals surface area contributed by atoms with Crippen LogP contribution in [0, 0.1) is 0 Å². The maximum atomic E-state index is 14.1. The number of carboxylic acids is 1. The van der Waals surface area contributed by atoms with Crippen molar-refractivity contribution in [2.75, 3.05) is 6.54 Å². The third kappa shape index (κ3) is 10.3. The molecule has 0 fully saturated rings. The van der Waals surface area contributed by atoms with Crippen molar-refractivity contribution in [3.05, 3.63) is 35.9 Å². The number of hydrogen-bond donors (Lipinski definition) is 3. The fourth-order valence-corrected chi connectivity index (χ4v) is 2.15. The molecular formula is C19H27FN2O6. The highest BCUT2D eigenvalue weighted by atomic mass is 19.1. The van der Waals surface area contributed by atoms with Gasteiger partial charge in [0.25, 0.3) is 0 Å². The second-order valence-electron chi connectivity index (χ2n) is 7.15. The molecule has 2 amide bonds. The molecule has 1 rings (SSSR count). The Kier molecular flexibility index (Phi) is 9.20.